The molecule has 0 saturated carbocycles. The van der Waals surface area contributed by atoms with E-state index in [4.69, 9.17) is 23.9 Å². The van der Waals surface area contributed by atoms with Crippen molar-refractivity contribution in [3.05, 3.63) is 17.0 Å². The fraction of sp³-hybridized carbons (Fsp3) is 0.750. The Labute approximate surface area is 170 Å². The second-order valence-corrected chi connectivity index (χ2v) is 8.11. The van der Waals surface area contributed by atoms with Gasteiger partial charge in [0.25, 0.3) is 6.47 Å². The molecule has 162 valence electrons. The predicted octanol–water partition coefficient (Wildman–Crippen LogP) is 1.22. The van der Waals surface area contributed by atoms with E-state index in [1.807, 2.05) is 13.8 Å². The van der Waals surface area contributed by atoms with Gasteiger partial charge in [-0.3, -0.25) is 19.4 Å². The molecule has 29 heavy (non-hydrogen) atoms. The van der Waals surface area contributed by atoms with Crippen molar-refractivity contribution in [2.24, 2.45) is 5.41 Å². The minimum Gasteiger partial charge on any atom is -0.483 e. The monoisotopic (exact) mass is 409 g/mol. The number of aromatic nitrogens is 1. The van der Waals surface area contributed by atoms with Gasteiger partial charge in [0.1, 0.15) is 11.9 Å². The molecule has 0 bridgehead atoms. The number of ether oxygens (including phenoxy) is 2. The molecule has 3 fully saturated rings. The summed E-state index contributed by atoms with van der Waals surface area (Å²) in [7, 11) is 0. The highest BCUT2D eigenvalue weighted by molar-refractivity contribution is 5.79. The Kier molecular flexibility index (Phi) is 7.26. The zero-order chi connectivity index (χ0) is 20.9. The number of likely N-dealkylation sites (tertiary alicyclic amines) is 1. The van der Waals surface area contributed by atoms with E-state index in [1.54, 1.807) is 0 Å². The second kappa shape index (κ2) is 9.69. The van der Waals surface area contributed by atoms with Crippen LogP contribution in [0.3, 0.4) is 0 Å². The van der Waals surface area contributed by atoms with E-state index in [0.29, 0.717) is 0 Å². The Morgan fingerprint density at radius 2 is 1.83 bits per heavy atom. The molecule has 1 N–H and O–H groups in total. The van der Waals surface area contributed by atoms with Crippen molar-refractivity contribution in [3.8, 4) is 0 Å². The van der Waals surface area contributed by atoms with E-state index >= 15 is 0 Å². The number of rotatable bonds is 4. The van der Waals surface area contributed by atoms with Crippen LogP contribution in [-0.2, 0) is 25.6 Å². The highest BCUT2D eigenvalue weighted by Gasteiger charge is 2.50. The number of esters is 1. The summed E-state index contributed by atoms with van der Waals surface area (Å²) in [5, 5.41) is 10.9. The van der Waals surface area contributed by atoms with Gasteiger partial charge in [-0.05, 0) is 39.8 Å². The predicted molar refractivity (Wildman–Crippen MR) is 103 cm³/mol. The third kappa shape index (κ3) is 5.15. The highest BCUT2D eigenvalue weighted by Crippen LogP contribution is 2.43. The molecule has 4 heterocycles. The van der Waals surface area contributed by atoms with E-state index in [1.165, 1.54) is 5.56 Å². The van der Waals surface area contributed by atoms with Gasteiger partial charge >= 0.3 is 5.97 Å². The third-order valence-corrected chi connectivity index (χ3v) is 6.27. The summed E-state index contributed by atoms with van der Waals surface area (Å²) in [5.74, 6) is 0.918. The highest BCUT2D eigenvalue weighted by atomic mass is 16.6. The first kappa shape index (κ1) is 21.7. The summed E-state index contributed by atoms with van der Waals surface area (Å²) >= 11 is 0. The van der Waals surface area contributed by atoms with Gasteiger partial charge in [0.05, 0.1) is 24.3 Å². The molecule has 3 aliphatic rings. The van der Waals surface area contributed by atoms with Crippen LogP contribution in [0.15, 0.2) is 4.52 Å². The van der Waals surface area contributed by atoms with Crippen LogP contribution in [0.2, 0.25) is 0 Å². The van der Waals surface area contributed by atoms with E-state index in [-0.39, 0.29) is 24.0 Å². The summed E-state index contributed by atoms with van der Waals surface area (Å²) < 4.78 is 16.4. The first-order chi connectivity index (χ1) is 14.0. The fourth-order valence-electron chi connectivity index (χ4n) is 4.51. The number of carbonyl (C=O) groups is 2. The third-order valence-electron chi connectivity index (χ3n) is 6.27. The van der Waals surface area contributed by atoms with Crippen LogP contribution in [0, 0.1) is 19.3 Å². The minimum absolute atomic E-state index is 0.0211. The summed E-state index contributed by atoms with van der Waals surface area (Å²) in [4.78, 5) is 25.7. The van der Waals surface area contributed by atoms with Crippen molar-refractivity contribution in [2.45, 2.75) is 45.8 Å². The Morgan fingerprint density at radius 3 is 2.41 bits per heavy atom. The Hall–Kier alpha value is -1.97. The van der Waals surface area contributed by atoms with Crippen LogP contribution >= 0.6 is 0 Å². The van der Waals surface area contributed by atoms with Gasteiger partial charge in [-0.25, -0.2) is 0 Å². The van der Waals surface area contributed by atoms with Crippen LogP contribution in [0.5, 0.6) is 0 Å². The maximum atomic E-state index is 12.6. The molecular weight excluding hydrogens is 378 g/mol. The smallest absolute Gasteiger partial charge is 0.312 e. The van der Waals surface area contributed by atoms with Gasteiger partial charge < -0.3 is 19.1 Å². The SMILES string of the molecule is Cc1noc(C)c1CN1CCC2(CC1)CC(CN1CCOCC1)OC2=O.O=CO. The number of aryl methyl sites for hydroxylation is 2. The molecule has 9 nitrogen and oxygen atoms in total. The fourth-order valence-corrected chi connectivity index (χ4v) is 4.51. The van der Waals surface area contributed by atoms with Crippen molar-refractivity contribution in [2.75, 3.05) is 45.9 Å². The number of carboxylic acid groups (broad SMARTS) is 1. The van der Waals surface area contributed by atoms with Crippen molar-refractivity contribution in [1.29, 1.82) is 0 Å². The zero-order valence-corrected chi connectivity index (χ0v) is 17.3. The first-order valence-corrected chi connectivity index (χ1v) is 10.2. The molecule has 0 radical (unpaired) electrons. The average molecular weight is 409 g/mol. The zero-order valence-electron chi connectivity index (χ0n) is 17.3. The lowest BCUT2D eigenvalue weighted by atomic mass is 9.76. The number of hydrogen-bond donors (Lipinski definition) is 1. The molecule has 1 unspecified atom stereocenters. The summed E-state index contributed by atoms with van der Waals surface area (Å²) in [6, 6.07) is 0. The summed E-state index contributed by atoms with van der Waals surface area (Å²) in [6.45, 7) is 10.7. The summed E-state index contributed by atoms with van der Waals surface area (Å²) in [5.41, 5.74) is 1.88. The number of nitrogens with zero attached hydrogens (tertiary/aromatic N) is 3. The van der Waals surface area contributed by atoms with Crippen molar-refractivity contribution in [3.63, 3.8) is 0 Å². The van der Waals surface area contributed by atoms with Gasteiger partial charge in [0, 0.05) is 38.2 Å². The molecule has 1 atom stereocenters. The number of cyclic esters (lactones) is 1. The number of hydrogen-bond acceptors (Lipinski definition) is 8. The van der Waals surface area contributed by atoms with Crippen molar-refractivity contribution >= 4 is 12.4 Å². The lowest BCUT2D eigenvalue weighted by Gasteiger charge is -2.36. The van der Waals surface area contributed by atoms with E-state index < -0.39 is 0 Å². The molecule has 0 aromatic carbocycles. The first-order valence-electron chi connectivity index (χ1n) is 10.2. The molecule has 0 amide bonds. The topological polar surface area (TPSA) is 105 Å². The van der Waals surface area contributed by atoms with Crippen LogP contribution in [0.1, 0.15) is 36.3 Å². The van der Waals surface area contributed by atoms with Crippen LogP contribution in [-0.4, -0.2) is 84.5 Å². The average Bonchev–Trinajstić information content (AvgIpc) is 3.18. The van der Waals surface area contributed by atoms with Crippen LogP contribution in [0.4, 0.5) is 0 Å². The number of morpholine rings is 1. The number of piperidine rings is 1. The maximum absolute atomic E-state index is 12.6. The van der Waals surface area contributed by atoms with Gasteiger partial charge in [-0.15, -0.1) is 0 Å². The van der Waals surface area contributed by atoms with Crippen LogP contribution < -0.4 is 0 Å². The van der Waals surface area contributed by atoms with E-state index in [0.717, 1.165) is 83.2 Å². The molecule has 1 aromatic heterocycles. The largest absolute Gasteiger partial charge is 0.483 e. The molecule has 3 saturated heterocycles. The molecule has 3 aliphatic heterocycles. The summed E-state index contributed by atoms with van der Waals surface area (Å²) in [6.07, 6.45) is 2.67. The van der Waals surface area contributed by atoms with Gasteiger partial charge in [0.2, 0.25) is 0 Å². The molecular formula is C20H31N3O6. The quantitative estimate of drug-likeness (QED) is 0.580. The van der Waals surface area contributed by atoms with Gasteiger partial charge in [0.15, 0.2) is 0 Å². The molecule has 4 rings (SSSR count). The van der Waals surface area contributed by atoms with Crippen molar-refractivity contribution in [1.82, 2.24) is 15.0 Å². The maximum Gasteiger partial charge on any atom is 0.312 e. The minimum atomic E-state index is -0.272. The Morgan fingerprint density at radius 1 is 1.17 bits per heavy atom. The van der Waals surface area contributed by atoms with Crippen LogP contribution in [0.25, 0.3) is 0 Å². The second-order valence-electron chi connectivity index (χ2n) is 8.11. The van der Waals surface area contributed by atoms with Gasteiger partial charge in [-0.2, -0.15) is 0 Å². The number of carbonyl (C=O) groups excluding carboxylic acids is 1. The lowest BCUT2D eigenvalue weighted by molar-refractivity contribution is -0.151. The van der Waals surface area contributed by atoms with Gasteiger partial charge in [-0.1, -0.05) is 5.16 Å². The molecule has 9 heteroatoms. The normalized spacial score (nSPS) is 24.8. The lowest BCUT2D eigenvalue weighted by Crippen LogP contribution is -2.43. The molecule has 0 aliphatic carbocycles. The Bertz CT molecular complexity index is 673. The van der Waals surface area contributed by atoms with Crippen molar-refractivity contribution < 1.29 is 28.7 Å². The van der Waals surface area contributed by atoms with E-state index in [9.17, 15) is 4.79 Å². The molecule has 1 aromatic rings. The molecule has 1 spiro atoms. The Balaban J connectivity index is 0.000000755. The standard InChI is InChI=1S/C19H29N3O4.CH2O2/c1-14-17(15(2)26-20-14)13-21-5-3-19(4-6-21)11-16(25-18(19)23)12-22-7-9-24-10-8-22;2-1-3/h16H,3-13H2,1-2H3;1H,(H,2,3). The van der Waals surface area contributed by atoms with E-state index in [2.05, 4.69) is 15.0 Å².